The van der Waals surface area contributed by atoms with Crippen LogP contribution in [0.15, 0.2) is 75.8 Å². The Morgan fingerprint density at radius 3 is 2.48 bits per heavy atom. The zero-order valence-corrected chi connectivity index (χ0v) is 14.8. The van der Waals surface area contributed by atoms with Crippen LogP contribution in [0, 0.1) is 0 Å². The van der Waals surface area contributed by atoms with E-state index >= 15 is 0 Å². The van der Waals surface area contributed by atoms with Crippen LogP contribution in [-0.4, -0.2) is 5.71 Å². The van der Waals surface area contributed by atoms with Gasteiger partial charge in [-0.3, -0.25) is 4.99 Å². The zero-order valence-electron chi connectivity index (χ0n) is 14.8. The van der Waals surface area contributed by atoms with Crippen LogP contribution in [0.1, 0.15) is 32.8 Å². The molecule has 0 radical (unpaired) electrons. The van der Waals surface area contributed by atoms with E-state index in [4.69, 9.17) is 9.41 Å². The SMILES string of the molecule is C/C=C(C)\N=C(/CC)c1cccc2c1oc1cc3ccccc3cc12. The highest BCUT2D eigenvalue weighted by atomic mass is 16.3. The lowest BCUT2D eigenvalue weighted by Crippen LogP contribution is -1.99. The van der Waals surface area contributed by atoms with E-state index in [0.29, 0.717) is 0 Å². The molecule has 0 aliphatic heterocycles. The number of allylic oxidation sites excluding steroid dienone is 2. The van der Waals surface area contributed by atoms with E-state index in [9.17, 15) is 0 Å². The highest BCUT2D eigenvalue weighted by Gasteiger charge is 2.14. The van der Waals surface area contributed by atoms with Gasteiger partial charge < -0.3 is 4.42 Å². The monoisotopic (exact) mass is 327 g/mol. The van der Waals surface area contributed by atoms with Crippen molar-refractivity contribution in [3.8, 4) is 0 Å². The van der Waals surface area contributed by atoms with Crippen LogP contribution in [0.25, 0.3) is 32.7 Å². The number of aliphatic imine (C=N–C) groups is 1. The maximum absolute atomic E-state index is 6.29. The van der Waals surface area contributed by atoms with E-state index in [0.717, 1.165) is 45.3 Å². The molecule has 1 heterocycles. The van der Waals surface area contributed by atoms with Gasteiger partial charge in [0.2, 0.25) is 0 Å². The summed E-state index contributed by atoms with van der Waals surface area (Å²) < 4.78 is 6.29. The van der Waals surface area contributed by atoms with Gasteiger partial charge in [-0.1, -0.05) is 49.4 Å². The standard InChI is InChI=1S/C23H21NO/c1-4-15(3)24-21(5-2)19-12-8-11-18-20-13-16-9-6-7-10-17(16)14-22(20)25-23(18)19/h4,6-14H,5H2,1-3H3/b15-4-,24-21+. The number of fused-ring (bicyclic) bond motifs is 4. The quantitative estimate of drug-likeness (QED) is 0.377. The molecule has 3 aromatic carbocycles. The van der Waals surface area contributed by atoms with Gasteiger partial charge in [0.1, 0.15) is 11.2 Å². The summed E-state index contributed by atoms with van der Waals surface area (Å²) in [6.07, 6.45) is 2.89. The molecule has 4 aromatic rings. The first-order chi connectivity index (χ1) is 12.2. The van der Waals surface area contributed by atoms with Gasteiger partial charge in [0, 0.05) is 22.0 Å². The molecule has 25 heavy (non-hydrogen) atoms. The molecule has 2 heteroatoms. The van der Waals surface area contributed by atoms with Crippen LogP contribution in [0.2, 0.25) is 0 Å². The molecule has 0 bridgehead atoms. The van der Waals surface area contributed by atoms with Gasteiger partial charge >= 0.3 is 0 Å². The summed E-state index contributed by atoms with van der Waals surface area (Å²) in [6, 6.07) is 19.1. The first kappa shape index (κ1) is 15.6. The van der Waals surface area contributed by atoms with Gasteiger partial charge in [0.15, 0.2) is 0 Å². The summed E-state index contributed by atoms with van der Waals surface area (Å²) >= 11 is 0. The molecule has 0 fully saturated rings. The Hall–Kier alpha value is -2.87. The Morgan fingerprint density at radius 1 is 1.00 bits per heavy atom. The molecule has 0 aliphatic carbocycles. The van der Waals surface area contributed by atoms with Gasteiger partial charge in [0.05, 0.1) is 5.71 Å². The number of nitrogens with zero attached hydrogens (tertiary/aromatic N) is 1. The second kappa shape index (κ2) is 6.21. The van der Waals surface area contributed by atoms with Gasteiger partial charge in [-0.15, -0.1) is 0 Å². The van der Waals surface area contributed by atoms with E-state index in [1.165, 1.54) is 10.8 Å². The van der Waals surface area contributed by atoms with Crippen molar-refractivity contribution < 1.29 is 4.42 Å². The molecule has 0 saturated carbocycles. The summed E-state index contributed by atoms with van der Waals surface area (Å²) in [5, 5.41) is 4.74. The van der Waals surface area contributed by atoms with Gasteiger partial charge in [-0.05, 0) is 49.2 Å². The lowest BCUT2D eigenvalue weighted by molar-refractivity contribution is 0.668. The number of furan rings is 1. The van der Waals surface area contributed by atoms with Crippen LogP contribution in [-0.2, 0) is 0 Å². The smallest absolute Gasteiger partial charge is 0.144 e. The number of rotatable bonds is 3. The summed E-state index contributed by atoms with van der Waals surface area (Å²) in [7, 11) is 0. The third kappa shape index (κ3) is 2.64. The minimum absolute atomic E-state index is 0.864. The fourth-order valence-electron chi connectivity index (χ4n) is 3.32. The lowest BCUT2D eigenvalue weighted by atomic mass is 10.0. The molecule has 0 amide bonds. The molecule has 0 N–H and O–H groups in total. The van der Waals surface area contributed by atoms with Gasteiger partial charge in [-0.2, -0.15) is 0 Å². The van der Waals surface area contributed by atoms with Crippen molar-refractivity contribution in [2.75, 3.05) is 0 Å². The van der Waals surface area contributed by atoms with Crippen molar-refractivity contribution in [2.45, 2.75) is 27.2 Å². The highest BCUT2D eigenvalue weighted by Crippen LogP contribution is 2.34. The zero-order chi connectivity index (χ0) is 17.4. The minimum atomic E-state index is 0.864. The number of hydrogen-bond acceptors (Lipinski definition) is 2. The molecule has 124 valence electrons. The summed E-state index contributed by atoms with van der Waals surface area (Å²) in [4.78, 5) is 4.78. The minimum Gasteiger partial charge on any atom is -0.455 e. The summed E-state index contributed by atoms with van der Waals surface area (Å²) in [5.41, 5.74) is 5.03. The summed E-state index contributed by atoms with van der Waals surface area (Å²) in [5.74, 6) is 0. The van der Waals surface area contributed by atoms with Crippen LogP contribution in [0.3, 0.4) is 0 Å². The number of benzene rings is 3. The molecule has 0 spiro atoms. The fourth-order valence-corrected chi connectivity index (χ4v) is 3.32. The predicted octanol–water partition coefficient (Wildman–Crippen LogP) is 6.86. The molecule has 1 aromatic heterocycles. The van der Waals surface area contributed by atoms with Crippen molar-refractivity contribution >= 4 is 38.4 Å². The van der Waals surface area contributed by atoms with Crippen LogP contribution in [0.5, 0.6) is 0 Å². The van der Waals surface area contributed by atoms with Crippen molar-refractivity contribution in [1.29, 1.82) is 0 Å². The molecule has 4 rings (SSSR count). The third-order valence-corrected chi connectivity index (χ3v) is 4.74. The fraction of sp³-hybridized carbons (Fsp3) is 0.174. The Labute approximate surface area is 147 Å². The highest BCUT2D eigenvalue weighted by molar-refractivity contribution is 6.17. The molecule has 0 saturated heterocycles. The van der Waals surface area contributed by atoms with Gasteiger partial charge in [0.25, 0.3) is 0 Å². The Morgan fingerprint density at radius 2 is 1.76 bits per heavy atom. The molecular weight excluding hydrogens is 306 g/mol. The van der Waals surface area contributed by atoms with E-state index in [-0.39, 0.29) is 0 Å². The van der Waals surface area contributed by atoms with E-state index in [2.05, 4.69) is 61.5 Å². The van der Waals surface area contributed by atoms with E-state index in [1.807, 2.05) is 19.9 Å². The lowest BCUT2D eigenvalue weighted by Gasteiger charge is -2.05. The Bertz CT molecular complexity index is 1140. The van der Waals surface area contributed by atoms with Crippen molar-refractivity contribution in [1.82, 2.24) is 0 Å². The van der Waals surface area contributed by atoms with Crippen LogP contribution >= 0.6 is 0 Å². The number of hydrogen-bond donors (Lipinski definition) is 0. The molecule has 0 aliphatic rings. The Balaban J connectivity index is 2.04. The maximum atomic E-state index is 6.29. The maximum Gasteiger partial charge on any atom is 0.144 e. The van der Waals surface area contributed by atoms with E-state index < -0.39 is 0 Å². The second-order valence-electron chi connectivity index (χ2n) is 6.32. The van der Waals surface area contributed by atoms with Crippen LogP contribution in [0.4, 0.5) is 0 Å². The Kier molecular flexibility index (Phi) is 3.89. The van der Waals surface area contributed by atoms with Gasteiger partial charge in [-0.25, -0.2) is 0 Å². The first-order valence-corrected chi connectivity index (χ1v) is 8.76. The van der Waals surface area contributed by atoms with Crippen molar-refractivity contribution in [3.63, 3.8) is 0 Å². The van der Waals surface area contributed by atoms with Crippen molar-refractivity contribution in [3.05, 3.63) is 71.9 Å². The average molecular weight is 327 g/mol. The largest absolute Gasteiger partial charge is 0.455 e. The predicted molar refractivity (Wildman–Crippen MR) is 107 cm³/mol. The molecular formula is C23H21NO. The molecule has 0 atom stereocenters. The molecule has 0 unspecified atom stereocenters. The summed E-state index contributed by atoms with van der Waals surface area (Å²) in [6.45, 7) is 6.18. The third-order valence-electron chi connectivity index (χ3n) is 4.74. The average Bonchev–Trinajstić information content (AvgIpc) is 3.01. The topological polar surface area (TPSA) is 25.5 Å². The van der Waals surface area contributed by atoms with E-state index in [1.54, 1.807) is 0 Å². The van der Waals surface area contributed by atoms with Crippen LogP contribution < -0.4 is 0 Å². The first-order valence-electron chi connectivity index (χ1n) is 8.76. The number of para-hydroxylation sites is 1. The normalized spacial score (nSPS) is 13.2. The second-order valence-corrected chi connectivity index (χ2v) is 6.32. The van der Waals surface area contributed by atoms with Crippen molar-refractivity contribution in [2.24, 2.45) is 4.99 Å². The molecule has 2 nitrogen and oxygen atoms in total.